The number of hydrogen-bond donors (Lipinski definition) is 1. The minimum atomic E-state index is -0.0467. The van der Waals surface area contributed by atoms with Gasteiger partial charge in [-0.05, 0) is 30.7 Å². The molecule has 0 atom stereocenters. The quantitative estimate of drug-likeness (QED) is 0.827. The van der Waals surface area contributed by atoms with Gasteiger partial charge in [0.05, 0.1) is 0 Å². The fourth-order valence-electron chi connectivity index (χ4n) is 1.64. The first-order valence-corrected chi connectivity index (χ1v) is 5.48. The highest BCUT2D eigenvalue weighted by molar-refractivity contribution is 6.35. The molecular weight excluding hydrogens is 245 g/mol. The first kappa shape index (κ1) is 11.2. The van der Waals surface area contributed by atoms with Crippen molar-refractivity contribution in [2.24, 2.45) is 0 Å². The normalized spacial score (nSPS) is 10.4. The first-order valence-electron chi connectivity index (χ1n) is 4.72. The molecule has 1 N–H and O–H groups in total. The number of aryl methyl sites for hydroxylation is 1. The van der Waals surface area contributed by atoms with E-state index in [1.54, 1.807) is 24.4 Å². The Morgan fingerprint density at radius 3 is 2.31 bits per heavy atom. The number of halogens is 2. The fourth-order valence-corrected chi connectivity index (χ4v) is 2.17. The smallest absolute Gasteiger partial charge is 0.189 e. The van der Waals surface area contributed by atoms with Crippen LogP contribution in [0.5, 0.6) is 0 Å². The summed E-state index contributed by atoms with van der Waals surface area (Å²) in [6.07, 6.45) is 1.62. The van der Waals surface area contributed by atoms with Crippen molar-refractivity contribution in [2.45, 2.75) is 6.92 Å². The molecule has 0 saturated heterocycles. The van der Waals surface area contributed by atoms with E-state index < -0.39 is 0 Å². The number of H-pyrrole nitrogens is 1. The van der Waals surface area contributed by atoms with E-state index >= 15 is 0 Å². The molecule has 0 saturated carbocycles. The Hall–Kier alpha value is -1.25. The Morgan fingerprint density at radius 2 is 1.75 bits per heavy atom. The van der Waals surface area contributed by atoms with E-state index in [0.717, 1.165) is 11.3 Å². The van der Waals surface area contributed by atoms with Crippen molar-refractivity contribution in [3.63, 3.8) is 0 Å². The average molecular weight is 254 g/mol. The van der Waals surface area contributed by atoms with Crippen molar-refractivity contribution in [3.05, 3.63) is 56.4 Å². The van der Waals surface area contributed by atoms with Crippen LogP contribution < -0.4 is 5.43 Å². The standard InChI is InChI=1S/C12H9Cl2NO/c1-7-12(11(16)2-3-15-7)8-4-9(13)6-10(14)5-8/h2-6H,1H3,(H,15,16). The van der Waals surface area contributed by atoms with Crippen LogP contribution in [-0.2, 0) is 0 Å². The molecule has 2 aromatic rings. The van der Waals surface area contributed by atoms with Crippen LogP contribution in [0.2, 0.25) is 10.0 Å². The molecule has 2 rings (SSSR count). The maximum absolute atomic E-state index is 11.8. The number of pyridine rings is 1. The molecule has 0 unspecified atom stereocenters. The molecule has 1 aromatic heterocycles. The van der Waals surface area contributed by atoms with Crippen LogP contribution in [-0.4, -0.2) is 4.98 Å². The molecule has 0 aliphatic heterocycles. The third-order valence-electron chi connectivity index (χ3n) is 2.31. The Balaban J connectivity index is 2.72. The van der Waals surface area contributed by atoms with Crippen molar-refractivity contribution >= 4 is 23.2 Å². The predicted octanol–water partition coefficient (Wildman–Crippen LogP) is 3.66. The molecule has 0 radical (unpaired) electrons. The summed E-state index contributed by atoms with van der Waals surface area (Å²) in [6.45, 7) is 1.84. The highest BCUT2D eigenvalue weighted by Gasteiger charge is 2.08. The Labute approximate surface area is 103 Å². The molecule has 0 fully saturated rings. The highest BCUT2D eigenvalue weighted by atomic mass is 35.5. The summed E-state index contributed by atoms with van der Waals surface area (Å²) >= 11 is 11.8. The molecule has 4 heteroatoms. The molecule has 0 bridgehead atoms. The van der Waals surface area contributed by atoms with Gasteiger partial charge in [0.1, 0.15) is 0 Å². The topological polar surface area (TPSA) is 32.9 Å². The lowest BCUT2D eigenvalue weighted by Gasteiger charge is -2.05. The van der Waals surface area contributed by atoms with Crippen LogP contribution in [0.15, 0.2) is 35.3 Å². The van der Waals surface area contributed by atoms with Gasteiger partial charge >= 0.3 is 0 Å². The largest absolute Gasteiger partial charge is 0.364 e. The lowest BCUT2D eigenvalue weighted by atomic mass is 10.0. The van der Waals surface area contributed by atoms with E-state index in [2.05, 4.69) is 4.98 Å². The van der Waals surface area contributed by atoms with Gasteiger partial charge in [0.2, 0.25) is 0 Å². The zero-order valence-electron chi connectivity index (χ0n) is 8.55. The predicted molar refractivity (Wildman–Crippen MR) is 67.3 cm³/mol. The number of nitrogens with one attached hydrogen (secondary N) is 1. The van der Waals surface area contributed by atoms with E-state index in [9.17, 15) is 4.79 Å². The van der Waals surface area contributed by atoms with Crippen LogP contribution in [0.3, 0.4) is 0 Å². The molecule has 1 heterocycles. The van der Waals surface area contributed by atoms with Crippen molar-refractivity contribution in [1.29, 1.82) is 0 Å². The van der Waals surface area contributed by atoms with Gasteiger partial charge in [0, 0.05) is 33.6 Å². The van der Waals surface area contributed by atoms with Crippen molar-refractivity contribution in [3.8, 4) is 11.1 Å². The maximum Gasteiger partial charge on any atom is 0.189 e. The van der Waals surface area contributed by atoms with Crippen LogP contribution in [0, 0.1) is 6.92 Å². The Morgan fingerprint density at radius 1 is 1.12 bits per heavy atom. The highest BCUT2D eigenvalue weighted by Crippen LogP contribution is 2.26. The second kappa shape index (κ2) is 4.32. The number of rotatable bonds is 1. The fraction of sp³-hybridized carbons (Fsp3) is 0.0833. The maximum atomic E-state index is 11.8. The van der Waals surface area contributed by atoms with Crippen LogP contribution in [0.4, 0.5) is 0 Å². The summed E-state index contributed by atoms with van der Waals surface area (Å²) in [6, 6.07) is 6.58. The molecule has 2 nitrogen and oxygen atoms in total. The van der Waals surface area contributed by atoms with Gasteiger partial charge in [-0.2, -0.15) is 0 Å². The van der Waals surface area contributed by atoms with Crippen molar-refractivity contribution < 1.29 is 0 Å². The molecule has 1 aromatic carbocycles. The first-order chi connectivity index (χ1) is 7.58. The van der Waals surface area contributed by atoms with E-state index in [1.807, 2.05) is 6.92 Å². The summed E-state index contributed by atoms with van der Waals surface area (Å²) in [5.41, 5.74) is 2.09. The molecule has 0 aliphatic rings. The number of benzene rings is 1. The third-order valence-corrected chi connectivity index (χ3v) is 2.74. The van der Waals surface area contributed by atoms with Gasteiger partial charge in [0.15, 0.2) is 5.43 Å². The summed E-state index contributed by atoms with van der Waals surface area (Å²) in [5.74, 6) is 0. The SMILES string of the molecule is Cc1[nH]ccc(=O)c1-c1cc(Cl)cc(Cl)c1. The lowest BCUT2D eigenvalue weighted by molar-refractivity contribution is 1.19. The van der Waals surface area contributed by atoms with Crippen LogP contribution in [0.25, 0.3) is 11.1 Å². The van der Waals surface area contributed by atoms with E-state index in [1.165, 1.54) is 6.07 Å². The Kier molecular flexibility index (Phi) is 3.03. The van der Waals surface area contributed by atoms with Gasteiger partial charge in [-0.25, -0.2) is 0 Å². The van der Waals surface area contributed by atoms with E-state index in [4.69, 9.17) is 23.2 Å². The summed E-state index contributed by atoms with van der Waals surface area (Å²) in [4.78, 5) is 14.7. The summed E-state index contributed by atoms with van der Waals surface area (Å²) < 4.78 is 0. The van der Waals surface area contributed by atoms with Crippen LogP contribution >= 0.6 is 23.2 Å². The summed E-state index contributed by atoms with van der Waals surface area (Å²) in [7, 11) is 0. The van der Waals surface area contributed by atoms with E-state index in [0.29, 0.717) is 15.6 Å². The van der Waals surface area contributed by atoms with Gasteiger partial charge in [-0.3, -0.25) is 4.79 Å². The Bertz CT molecular complexity index is 570. The van der Waals surface area contributed by atoms with Gasteiger partial charge in [0.25, 0.3) is 0 Å². The molecule has 0 amide bonds. The van der Waals surface area contributed by atoms with E-state index in [-0.39, 0.29) is 5.43 Å². The summed E-state index contributed by atoms with van der Waals surface area (Å²) in [5, 5.41) is 1.04. The van der Waals surface area contributed by atoms with Crippen molar-refractivity contribution in [2.75, 3.05) is 0 Å². The van der Waals surface area contributed by atoms with Gasteiger partial charge in [-0.1, -0.05) is 23.2 Å². The molecule has 16 heavy (non-hydrogen) atoms. The average Bonchev–Trinajstić information content (AvgIpc) is 2.15. The number of hydrogen-bond acceptors (Lipinski definition) is 1. The number of aromatic amines is 1. The van der Waals surface area contributed by atoms with Crippen molar-refractivity contribution in [1.82, 2.24) is 4.98 Å². The monoisotopic (exact) mass is 253 g/mol. The zero-order valence-corrected chi connectivity index (χ0v) is 10.1. The van der Waals surface area contributed by atoms with Gasteiger partial charge in [-0.15, -0.1) is 0 Å². The zero-order chi connectivity index (χ0) is 11.7. The van der Waals surface area contributed by atoms with Gasteiger partial charge < -0.3 is 4.98 Å². The minimum Gasteiger partial charge on any atom is -0.364 e. The molecule has 0 aliphatic carbocycles. The molecule has 82 valence electrons. The minimum absolute atomic E-state index is 0.0467. The second-order valence-corrected chi connectivity index (χ2v) is 4.37. The number of aromatic nitrogens is 1. The third kappa shape index (κ3) is 2.13. The molecule has 0 spiro atoms. The van der Waals surface area contributed by atoms with Crippen LogP contribution in [0.1, 0.15) is 5.69 Å². The second-order valence-electron chi connectivity index (χ2n) is 3.50. The lowest BCUT2D eigenvalue weighted by Crippen LogP contribution is -2.06. The molecular formula is C12H9Cl2NO.